The topological polar surface area (TPSA) is 46.2 Å². The van der Waals surface area contributed by atoms with Gasteiger partial charge in [-0.3, -0.25) is 9.59 Å². The highest BCUT2D eigenvalue weighted by Crippen LogP contribution is 2.19. The van der Waals surface area contributed by atoms with Crippen LogP contribution >= 0.6 is 11.6 Å². The molecule has 0 aliphatic heterocycles. The van der Waals surface area contributed by atoms with Gasteiger partial charge in [0, 0.05) is 6.92 Å². The molecule has 1 aromatic rings. The number of nitrogens with one attached hydrogen (secondary N) is 1. The monoisotopic (exact) mass is 197 g/mol. The van der Waals surface area contributed by atoms with E-state index in [0.717, 1.165) is 0 Å². The minimum Gasteiger partial charge on any atom is -0.318 e. The third-order valence-corrected chi connectivity index (χ3v) is 1.77. The maximum atomic E-state index is 10.9. The highest BCUT2D eigenvalue weighted by atomic mass is 35.5. The second kappa shape index (κ2) is 4.05. The number of ketones is 1. The number of amides is 1. The van der Waals surface area contributed by atoms with Crippen LogP contribution in [-0.2, 0) is 9.59 Å². The zero-order chi connectivity index (χ0) is 9.84. The first-order chi connectivity index (χ1) is 6.11. The van der Waals surface area contributed by atoms with Crippen molar-refractivity contribution in [2.45, 2.75) is 6.92 Å². The van der Waals surface area contributed by atoms with Crippen molar-refractivity contribution in [3.8, 4) is 0 Å². The van der Waals surface area contributed by atoms with Crippen molar-refractivity contribution < 1.29 is 9.59 Å². The number of carbonyl (C=O) groups is 2. The highest BCUT2D eigenvalue weighted by molar-refractivity contribution is 6.41. The quantitative estimate of drug-likeness (QED) is 0.736. The molecule has 0 unspecified atom stereocenters. The number of Topliss-reactive ketones (excluding diaryl/α,β-unsaturated/α-hetero) is 1. The van der Waals surface area contributed by atoms with Crippen molar-refractivity contribution in [1.29, 1.82) is 0 Å². The van der Waals surface area contributed by atoms with Crippen molar-refractivity contribution in [3.05, 3.63) is 29.3 Å². The SMILES string of the molecule is CC(=O)C(=O)Nc1ccccc1Cl. The molecule has 13 heavy (non-hydrogen) atoms. The fourth-order valence-corrected chi connectivity index (χ4v) is 0.956. The average Bonchev–Trinajstić information content (AvgIpc) is 2.08. The summed E-state index contributed by atoms with van der Waals surface area (Å²) >= 11 is 5.75. The van der Waals surface area contributed by atoms with Crippen LogP contribution in [0.2, 0.25) is 5.02 Å². The lowest BCUT2D eigenvalue weighted by atomic mass is 10.3. The Bertz CT molecular complexity index is 349. The van der Waals surface area contributed by atoms with E-state index in [9.17, 15) is 9.59 Å². The van der Waals surface area contributed by atoms with Gasteiger partial charge >= 0.3 is 0 Å². The average molecular weight is 198 g/mol. The summed E-state index contributed by atoms with van der Waals surface area (Å²) in [6, 6.07) is 6.73. The van der Waals surface area contributed by atoms with Crippen molar-refractivity contribution in [2.24, 2.45) is 0 Å². The van der Waals surface area contributed by atoms with E-state index in [1.54, 1.807) is 24.3 Å². The second-order valence-corrected chi connectivity index (χ2v) is 2.90. The van der Waals surface area contributed by atoms with Crippen molar-refractivity contribution in [3.63, 3.8) is 0 Å². The minimum absolute atomic E-state index is 0.414. The number of hydrogen-bond donors (Lipinski definition) is 1. The first kappa shape index (κ1) is 9.74. The molecule has 0 spiro atoms. The van der Waals surface area contributed by atoms with Gasteiger partial charge in [-0.1, -0.05) is 23.7 Å². The number of halogens is 1. The Hall–Kier alpha value is -1.35. The number of rotatable bonds is 2. The van der Waals surface area contributed by atoms with Crippen molar-refractivity contribution in [2.75, 3.05) is 5.32 Å². The molecule has 0 aliphatic carbocycles. The van der Waals surface area contributed by atoms with E-state index in [0.29, 0.717) is 10.7 Å². The Morgan fingerprint density at radius 2 is 1.92 bits per heavy atom. The number of carbonyl (C=O) groups excluding carboxylic acids is 2. The van der Waals surface area contributed by atoms with Gasteiger partial charge in [0.05, 0.1) is 10.7 Å². The molecule has 1 N–H and O–H groups in total. The molecule has 3 nitrogen and oxygen atoms in total. The molecule has 68 valence electrons. The standard InChI is InChI=1S/C9H8ClNO2/c1-6(12)9(13)11-8-5-3-2-4-7(8)10/h2-5H,1H3,(H,11,13). The molecule has 4 heteroatoms. The zero-order valence-electron chi connectivity index (χ0n) is 7.00. The third kappa shape index (κ3) is 2.56. The molecule has 1 amide bonds. The fourth-order valence-electron chi connectivity index (χ4n) is 0.773. The third-order valence-electron chi connectivity index (χ3n) is 1.44. The van der Waals surface area contributed by atoms with E-state index >= 15 is 0 Å². The van der Waals surface area contributed by atoms with Crippen LogP contribution in [0.25, 0.3) is 0 Å². The lowest BCUT2D eigenvalue weighted by Crippen LogP contribution is -2.19. The van der Waals surface area contributed by atoms with E-state index < -0.39 is 11.7 Å². The predicted molar refractivity (Wildman–Crippen MR) is 50.8 cm³/mol. The molecule has 1 aromatic carbocycles. The summed E-state index contributed by atoms with van der Waals surface area (Å²) in [5.41, 5.74) is 0.448. The summed E-state index contributed by atoms with van der Waals surface area (Å²) < 4.78 is 0. The van der Waals surface area contributed by atoms with Gasteiger partial charge in [0.1, 0.15) is 0 Å². The summed E-state index contributed by atoms with van der Waals surface area (Å²) in [6.07, 6.45) is 0. The molecule has 0 saturated heterocycles. The summed E-state index contributed by atoms with van der Waals surface area (Å²) in [4.78, 5) is 21.5. The molecular formula is C9H8ClNO2. The predicted octanol–water partition coefficient (Wildman–Crippen LogP) is 1.87. The van der Waals surface area contributed by atoms with Crippen molar-refractivity contribution in [1.82, 2.24) is 0 Å². The lowest BCUT2D eigenvalue weighted by Gasteiger charge is -2.03. The van der Waals surface area contributed by atoms with E-state index in [1.807, 2.05) is 0 Å². The Labute approximate surface area is 80.7 Å². The van der Waals surface area contributed by atoms with Crippen LogP contribution in [0.4, 0.5) is 5.69 Å². The van der Waals surface area contributed by atoms with E-state index in [-0.39, 0.29) is 0 Å². The number of hydrogen-bond acceptors (Lipinski definition) is 2. The van der Waals surface area contributed by atoms with Crippen LogP contribution in [0.15, 0.2) is 24.3 Å². The second-order valence-electron chi connectivity index (χ2n) is 2.49. The summed E-state index contributed by atoms with van der Waals surface area (Å²) in [6.45, 7) is 1.20. The van der Waals surface area contributed by atoms with Gasteiger partial charge in [-0.15, -0.1) is 0 Å². The van der Waals surface area contributed by atoms with Gasteiger partial charge in [-0.25, -0.2) is 0 Å². The van der Waals surface area contributed by atoms with E-state index in [4.69, 9.17) is 11.6 Å². The van der Waals surface area contributed by atoms with Gasteiger partial charge in [0.2, 0.25) is 5.78 Å². The maximum absolute atomic E-state index is 10.9. The van der Waals surface area contributed by atoms with Crippen LogP contribution in [-0.4, -0.2) is 11.7 Å². The number of benzene rings is 1. The summed E-state index contributed by atoms with van der Waals surface area (Å²) in [7, 11) is 0. The smallest absolute Gasteiger partial charge is 0.291 e. The van der Waals surface area contributed by atoms with E-state index in [2.05, 4.69) is 5.32 Å². The van der Waals surface area contributed by atoms with Gasteiger partial charge in [-0.05, 0) is 12.1 Å². The van der Waals surface area contributed by atoms with Crippen LogP contribution in [0.5, 0.6) is 0 Å². The first-order valence-corrected chi connectivity index (χ1v) is 4.05. The molecule has 0 saturated carbocycles. The molecule has 0 fully saturated rings. The normalized spacial score (nSPS) is 9.38. The molecular weight excluding hydrogens is 190 g/mol. The van der Waals surface area contributed by atoms with Gasteiger partial charge in [-0.2, -0.15) is 0 Å². The maximum Gasteiger partial charge on any atom is 0.291 e. The Morgan fingerprint density at radius 1 is 1.31 bits per heavy atom. The molecule has 0 aromatic heterocycles. The van der Waals surface area contributed by atoms with Crippen LogP contribution in [0.1, 0.15) is 6.92 Å². The van der Waals surface area contributed by atoms with Gasteiger partial charge in [0.25, 0.3) is 5.91 Å². The van der Waals surface area contributed by atoms with Gasteiger partial charge < -0.3 is 5.32 Å². The Kier molecular flexibility index (Phi) is 3.03. The number of anilines is 1. The Morgan fingerprint density at radius 3 is 2.46 bits per heavy atom. The first-order valence-electron chi connectivity index (χ1n) is 3.67. The van der Waals surface area contributed by atoms with Gasteiger partial charge in [0.15, 0.2) is 0 Å². The van der Waals surface area contributed by atoms with Crippen LogP contribution in [0.3, 0.4) is 0 Å². The highest BCUT2D eigenvalue weighted by Gasteiger charge is 2.08. The lowest BCUT2D eigenvalue weighted by molar-refractivity contribution is -0.133. The van der Waals surface area contributed by atoms with E-state index in [1.165, 1.54) is 6.92 Å². The largest absolute Gasteiger partial charge is 0.318 e. The minimum atomic E-state index is -0.659. The van der Waals surface area contributed by atoms with Crippen LogP contribution in [0, 0.1) is 0 Å². The molecule has 0 atom stereocenters. The fraction of sp³-hybridized carbons (Fsp3) is 0.111. The number of para-hydroxylation sites is 1. The molecule has 0 aliphatic rings. The van der Waals surface area contributed by atoms with Crippen LogP contribution < -0.4 is 5.32 Å². The molecule has 0 heterocycles. The zero-order valence-corrected chi connectivity index (χ0v) is 7.76. The molecule has 0 radical (unpaired) electrons. The summed E-state index contributed by atoms with van der Waals surface area (Å²) in [5, 5.41) is 2.80. The molecule has 0 bridgehead atoms. The summed E-state index contributed by atoms with van der Waals surface area (Å²) in [5.74, 6) is -1.20. The Balaban J connectivity index is 2.81. The molecule has 1 rings (SSSR count). The van der Waals surface area contributed by atoms with Crippen molar-refractivity contribution >= 4 is 29.0 Å².